The van der Waals surface area contributed by atoms with E-state index in [2.05, 4.69) is 30.1 Å². The molecule has 19 heavy (non-hydrogen) atoms. The summed E-state index contributed by atoms with van der Waals surface area (Å²) in [6.07, 6.45) is -0.471. The summed E-state index contributed by atoms with van der Waals surface area (Å²) in [5.74, 6) is 0. The van der Waals surface area contributed by atoms with Gasteiger partial charge in [-0.1, -0.05) is 25.4 Å². The number of aliphatic hydroxyl groups excluding tert-OH is 1. The lowest BCUT2D eigenvalue weighted by molar-refractivity contribution is 0.128. The molecule has 0 bridgehead atoms. The first-order valence-electron chi connectivity index (χ1n) is 6.44. The highest BCUT2D eigenvalue weighted by molar-refractivity contribution is 6.33. The summed E-state index contributed by atoms with van der Waals surface area (Å²) < 4.78 is 0. The highest BCUT2D eigenvalue weighted by Crippen LogP contribution is 2.22. The third kappa shape index (κ3) is 5.07. The van der Waals surface area contributed by atoms with Crippen LogP contribution in [0.5, 0.6) is 0 Å². The average Bonchev–Trinajstić information content (AvgIpc) is 2.43. The van der Waals surface area contributed by atoms with Gasteiger partial charge < -0.3 is 15.3 Å². The molecule has 2 N–H and O–H groups in total. The van der Waals surface area contributed by atoms with Crippen molar-refractivity contribution in [1.82, 2.24) is 4.90 Å². The van der Waals surface area contributed by atoms with Crippen LogP contribution in [0.1, 0.15) is 19.4 Å². The van der Waals surface area contributed by atoms with Crippen molar-refractivity contribution < 1.29 is 5.11 Å². The van der Waals surface area contributed by atoms with E-state index in [1.807, 2.05) is 0 Å². The largest absolute Gasteiger partial charge is 0.390 e. The fourth-order valence-electron chi connectivity index (χ4n) is 1.80. The predicted octanol–water partition coefficient (Wildman–Crippen LogP) is 2.33. The maximum Gasteiger partial charge on any atom is 0.0992 e. The quantitative estimate of drug-likeness (QED) is 0.805. The molecule has 0 amide bonds. The molecule has 1 aromatic carbocycles. The topological polar surface area (TPSA) is 59.3 Å². The van der Waals surface area contributed by atoms with Gasteiger partial charge in [-0.25, -0.2) is 0 Å². The summed E-state index contributed by atoms with van der Waals surface area (Å²) in [4.78, 5) is 2.15. The molecule has 104 valence electrons. The second kappa shape index (κ2) is 8.00. The van der Waals surface area contributed by atoms with Crippen molar-refractivity contribution >= 4 is 17.3 Å². The molecule has 0 saturated heterocycles. The van der Waals surface area contributed by atoms with E-state index in [4.69, 9.17) is 16.9 Å². The Bertz CT molecular complexity index is 441. The second-order valence-corrected chi connectivity index (χ2v) is 4.73. The SMILES string of the molecule is CCN(CC)CC(O)CNc1cc(C#N)ccc1Cl. The number of nitrogens with one attached hydrogen (secondary N) is 1. The zero-order valence-corrected chi connectivity index (χ0v) is 12.1. The van der Waals surface area contributed by atoms with E-state index in [9.17, 15) is 5.11 Å². The number of rotatable bonds is 7. The zero-order chi connectivity index (χ0) is 14.3. The fraction of sp³-hybridized carbons (Fsp3) is 0.500. The van der Waals surface area contributed by atoms with Crippen molar-refractivity contribution in [3.05, 3.63) is 28.8 Å². The lowest BCUT2D eigenvalue weighted by Crippen LogP contribution is -2.35. The Labute approximate surface area is 119 Å². The Morgan fingerprint density at radius 2 is 2.11 bits per heavy atom. The zero-order valence-electron chi connectivity index (χ0n) is 11.4. The number of aliphatic hydroxyl groups is 1. The van der Waals surface area contributed by atoms with Crippen LogP contribution in [0.25, 0.3) is 0 Å². The van der Waals surface area contributed by atoms with E-state index in [-0.39, 0.29) is 0 Å². The lowest BCUT2D eigenvalue weighted by atomic mass is 10.2. The third-order valence-electron chi connectivity index (χ3n) is 2.99. The van der Waals surface area contributed by atoms with Gasteiger partial charge in [-0.3, -0.25) is 0 Å². The van der Waals surface area contributed by atoms with Gasteiger partial charge in [0.15, 0.2) is 0 Å². The van der Waals surface area contributed by atoms with Crippen molar-refractivity contribution in [2.45, 2.75) is 20.0 Å². The van der Waals surface area contributed by atoms with Crippen molar-refractivity contribution in [1.29, 1.82) is 5.26 Å². The predicted molar refractivity (Wildman–Crippen MR) is 78.5 cm³/mol. The molecule has 0 fully saturated rings. The van der Waals surface area contributed by atoms with E-state index in [1.165, 1.54) is 0 Å². The third-order valence-corrected chi connectivity index (χ3v) is 3.32. The van der Waals surface area contributed by atoms with Crippen molar-refractivity contribution in [2.75, 3.05) is 31.5 Å². The first kappa shape index (κ1) is 15.8. The van der Waals surface area contributed by atoms with Gasteiger partial charge in [0.2, 0.25) is 0 Å². The van der Waals surface area contributed by atoms with Crippen LogP contribution in [0.4, 0.5) is 5.69 Å². The van der Waals surface area contributed by atoms with Crippen molar-refractivity contribution in [3.63, 3.8) is 0 Å². The van der Waals surface area contributed by atoms with Gasteiger partial charge in [0.05, 0.1) is 28.4 Å². The molecule has 1 aromatic rings. The molecular weight excluding hydrogens is 262 g/mol. The van der Waals surface area contributed by atoms with Crippen LogP contribution in [0.3, 0.4) is 0 Å². The number of hydrogen-bond acceptors (Lipinski definition) is 4. The smallest absolute Gasteiger partial charge is 0.0992 e. The molecule has 0 heterocycles. The number of benzene rings is 1. The van der Waals surface area contributed by atoms with Crippen LogP contribution in [-0.2, 0) is 0 Å². The van der Waals surface area contributed by atoms with Crippen LogP contribution < -0.4 is 5.32 Å². The Balaban J connectivity index is 2.54. The number of halogens is 1. The molecule has 1 unspecified atom stereocenters. The number of nitriles is 1. The maximum absolute atomic E-state index is 9.95. The minimum atomic E-state index is -0.471. The molecule has 0 aliphatic carbocycles. The van der Waals surface area contributed by atoms with Gasteiger partial charge in [-0.05, 0) is 31.3 Å². The number of hydrogen-bond donors (Lipinski definition) is 2. The molecule has 0 saturated carbocycles. The Hall–Kier alpha value is -1.28. The number of nitrogens with zero attached hydrogens (tertiary/aromatic N) is 2. The summed E-state index contributed by atoms with van der Waals surface area (Å²) in [5.41, 5.74) is 1.23. The maximum atomic E-state index is 9.95. The summed E-state index contributed by atoms with van der Waals surface area (Å²) in [5, 5.41) is 22.4. The van der Waals surface area contributed by atoms with E-state index in [0.29, 0.717) is 29.4 Å². The highest BCUT2D eigenvalue weighted by atomic mass is 35.5. The van der Waals surface area contributed by atoms with Gasteiger partial charge in [0.25, 0.3) is 0 Å². The average molecular weight is 282 g/mol. The standard InChI is InChI=1S/C14H20ClN3O/c1-3-18(4-2)10-12(19)9-17-14-7-11(8-16)5-6-13(14)15/h5-7,12,17,19H,3-4,9-10H2,1-2H3. The van der Waals surface area contributed by atoms with Gasteiger partial charge >= 0.3 is 0 Å². The lowest BCUT2D eigenvalue weighted by Gasteiger charge is -2.22. The van der Waals surface area contributed by atoms with Gasteiger partial charge in [0, 0.05) is 13.1 Å². The molecule has 0 aliphatic rings. The van der Waals surface area contributed by atoms with Crippen LogP contribution in [0.15, 0.2) is 18.2 Å². The minimum absolute atomic E-state index is 0.408. The van der Waals surface area contributed by atoms with E-state index < -0.39 is 6.10 Å². The van der Waals surface area contributed by atoms with Crippen LogP contribution in [0.2, 0.25) is 5.02 Å². The Morgan fingerprint density at radius 1 is 1.42 bits per heavy atom. The first-order valence-corrected chi connectivity index (χ1v) is 6.82. The van der Waals surface area contributed by atoms with Crippen LogP contribution in [-0.4, -0.2) is 42.3 Å². The highest BCUT2D eigenvalue weighted by Gasteiger charge is 2.10. The summed E-state index contributed by atoms with van der Waals surface area (Å²) in [6.45, 7) is 6.99. The first-order chi connectivity index (χ1) is 9.10. The fourth-order valence-corrected chi connectivity index (χ4v) is 1.99. The van der Waals surface area contributed by atoms with E-state index >= 15 is 0 Å². The monoisotopic (exact) mass is 281 g/mol. The molecule has 0 aromatic heterocycles. The summed E-state index contributed by atoms with van der Waals surface area (Å²) in [6, 6.07) is 7.10. The van der Waals surface area contributed by atoms with Crippen molar-refractivity contribution in [3.8, 4) is 6.07 Å². The Morgan fingerprint density at radius 3 is 2.68 bits per heavy atom. The number of anilines is 1. The van der Waals surface area contributed by atoms with Gasteiger partial charge in [-0.15, -0.1) is 0 Å². The molecule has 0 spiro atoms. The second-order valence-electron chi connectivity index (χ2n) is 4.33. The normalized spacial score (nSPS) is 12.2. The molecule has 1 rings (SSSR count). The molecular formula is C14H20ClN3O. The molecule has 5 heteroatoms. The van der Waals surface area contributed by atoms with Crippen molar-refractivity contribution in [2.24, 2.45) is 0 Å². The van der Waals surface area contributed by atoms with Gasteiger partial charge in [0.1, 0.15) is 0 Å². The van der Waals surface area contributed by atoms with Crippen LogP contribution >= 0.6 is 11.6 Å². The molecule has 0 aliphatic heterocycles. The summed E-state index contributed by atoms with van der Waals surface area (Å²) >= 11 is 6.03. The van der Waals surface area contributed by atoms with E-state index in [1.54, 1.807) is 18.2 Å². The molecule has 4 nitrogen and oxygen atoms in total. The molecule has 1 atom stereocenters. The molecule has 0 radical (unpaired) electrons. The summed E-state index contributed by atoms with van der Waals surface area (Å²) in [7, 11) is 0. The van der Waals surface area contributed by atoms with Gasteiger partial charge in [-0.2, -0.15) is 5.26 Å². The Kier molecular flexibility index (Phi) is 6.65. The number of likely N-dealkylation sites (N-methyl/N-ethyl adjacent to an activating group) is 1. The van der Waals surface area contributed by atoms with Crippen LogP contribution in [0, 0.1) is 11.3 Å². The minimum Gasteiger partial charge on any atom is -0.390 e. The van der Waals surface area contributed by atoms with E-state index in [0.717, 1.165) is 13.1 Å².